The van der Waals surface area contributed by atoms with Gasteiger partial charge in [-0.1, -0.05) is 12.1 Å². The van der Waals surface area contributed by atoms with Gasteiger partial charge in [0.05, 0.1) is 17.7 Å². The van der Waals surface area contributed by atoms with Crippen molar-refractivity contribution in [3.8, 4) is 11.4 Å². The summed E-state index contributed by atoms with van der Waals surface area (Å²) in [5, 5.41) is 0. The summed E-state index contributed by atoms with van der Waals surface area (Å²) in [4.78, 5) is 27.2. The fourth-order valence-corrected chi connectivity index (χ4v) is 2.49. The molecule has 25 heavy (non-hydrogen) atoms. The molecule has 6 heteroatoms. The molecule has 0 aliphatic heterocycles. The van der Waals surface area contributed by atoms with E-state index in [0.29, 0.717) is 16.9 Å². The van der Waals surface area contributed by atoms with Crippen LogP contribution < -0.4 is 10.4 Å². The number of hydrogen-bond acceptors (Lipinski definition) is 4. The van der Waals surface area contributed by atoms with Crippen LogP contribution in [-0.2, 0) is 4.84 Å². The van der Waals surface area contributed by atoms with Crippen molar-refractivity contribution in [3.05, 3.63) is 60.7 Å². The Hall–Kier alpha value is -3.12. The third-order valence-corrected chi connectivity index (χ3v) is 3.78. The van der Waals surface area contributed by atoms with Crippen LogP contribution in [-0.4, -0.2) is 36.6 Å². The summed E-state index contributed by atoms with van der Waals surface area (Å²) >= 11 is 0. The quantitative estimate of drug-likeness (QED) is 0.412. The minimum absolute atomic E-state index is 0.242. The number of benzene rings is 2. The van der Waals surface area contributed by atoms with Gasteiger partial charge in [-0.25, -0.2) is 10.5 Å². The average Bonchev–Trinajstić information content (AvgIpc) is 3.06. The number of amides is 1. The highest BCUT2D eigenvalue weighted by Crippen LogP contribution is 2.24. The number of hydrogen-bond donors (Lipinski definition) is 2. The average molecular weight is 336 g/mol. The lowest BCUT2D eigenvalue weighted by atomic mass is 10.2. The second-order valence-electron chi connectivity index (χ2n) is 5.76. The Morgan fingerprint density at radius 3 is 2.72 bits per heavy atom. The minimum atomic E-state index is -0.339. The van der Waals surface area contributed by atoms with E-state index in [1.165, 1.54) is 0 Å². The number of carbonyl (C=O) groups is 1. The van der Waals surface area contributed by atoms with Crippen LogP contribution in [0.5, 0.6) is 0 Å². The van der Waals surface area contributed by atoms with E-state index in [4.69, 9.17) is 4.84 Å². The van der Waals surface area contributed by atoms with Crippen LogP contribution in [0.1, 0.15) is 10.4 Å². The Bertz CT molecular complexity index is 897. The molecule has 0 fully saturated rings. The molecule has 3 rings (SSSR count). The maximum absolute atomic E-state index is 12.3. The fourth-order valence-electron chi connectivity index (χ4n) is 2.49. The highest BCUT2D eigenvalue weighted by molar-refractivity contribution is 6.05. The predicted molar refractivity (Wildman–Crippen MR) is 99.5 cm³/mol. The molecule has 0 atom stereocenters. The van der Waals surface area contributed by atoms with Crippen molar-refractivity contribution in [2.75, 3.05) is 25.6 Å². The maximum Gasteiger partial charge on any atom is 0.277 e. The number of nitrogens with one attached hydrogen (secondary N) is 2. The molecule has 3 aromatic rings. The number of anilines is 1. The Balaban J connectivity index is 1.93. The topological polar surface area (TPSA) is 70.2 Å². The third kappa shape index (κ3) is 3.54. The van der Waals surface area contributed by atoms with Gasteiger partial charge in [0.15, 0.2) is 0 Å². The van der Waals surface area contributed by atoms with E-state index in [9.17, 15) is 4.79 Å². The monoisotopic (exact) mass is 336 g/mol. The van der Waals surface area contributed by atoms with Crippen LogP contribution in [0.2, 0.25) is 0 Å². The molecule has 1 heterocycles. The van der Waals surface area contributed by atoms with Crippen molar-refractivity contribution in [2.24, 2.45) is 0 Å². The van der Waals surface area contributed by atoms with Gasteiger partial charge in [0, 0.05) is 25.3 Å². The van der Waals surface area contributed by atoms with Crippen molar-refractivity contribution < 1.29 is 9.63 Å². The van der Waals surface area contributed by atoms with E-state index in [1.54, 1.807) is 12.1 Å². The molecule has 6 nitrogen and oxygen atoms in total. The molecule has 0 saturated carbocycles. The zero-order valence-electron chi connectivity index (χ0n) is 14.2. The number of fused-ring (bicyclic) bond motifs is 1. The second-order valence-corrected chi connectivity index (χ2v) is 5.76. The Morgan fingerprint density at radius 1 is 1.28 bits per heavy atom. The molecule has 128 valence electrons. The van der Waals surface area contributed by atoms with Crippen LogP contribution in [0.15, 0.2) is 55.1 Å². The van der Waals surface area contributed by atoms with Crippen LogP contribution in [0.3, 0.4) is 0 Å². The molecule has 0 aliphatic rings. The molecule has 0 bridgehead atoms. The SMILES string of the molecule is C=CCONC(=O)c1cccc2[nH]c(-c3ccc(N(C)C)cc3)nc12. The number of aromatic amines is 1. The number of rotatable bonds is 6. The lowest BCUT2D eigenvalue weighted by Crippen LogP contribution is -2.24. The van der Waals surface area contributed by atoms with Crippen LogP contribution in [0.4, 0.5) is 5.69 Å². The van der Waals surface area contributed by atoms with Crippen molar-refractivity contribution >= 4 is 22.6 Å². The first kappa shape index (κ1) is 16.7. The Labute approximate surface area is 146 Å². The lowest BCUT2D eigenvalue weighted by molar-refractivity contribution is 0.0423. The normalized spacial score (nSPS) is 10.6. The Morgan fingerprint density at radius 2 is 2.04 bits per heavy atom. The predicted octanol–water partition coefficient (Wildman–Crippen LogP) is 3.14. The van der Waals surface area contributed by atoms with Gasteiger partial charge < -0.3 is 9.88 Å². The molecular weight excluding hydrogens is 316 g/mol. The van der Waals surface area contributed by atoms with Gasteiger partial charge in [0.1, 0.15) is 11.3 Å². The summed E-state index contributed by atoms with van der Waals surface area (Å²) in [5.74, 6) is 0.376. The number of imidazole rings is 1. The summed E-state index contributed by atoms with van der Waals surface area (Å²) in [7, 11) is 3.99. The molecule has 2 aromatic carbocycles. The standard InChI is InChI=1S/C19H20N4O2/c1-4-12-25-22-19(24)15-6-5-7-16-17(15)21-18(20-16)13-8-10-14(11-9-13)23(2)3/h4-11H,1,12H2,2-3H3,(H,20,21)(H,22,24). The van der Waals surface area contributed by atoms with E-state index in [1.807, 2.05) is 55.4 Å². The van der Waals surface area contributed by atoms with Crippen molar-refractivity contribution in [1.29, 1.82) is 0 Å². The molecule has 0 unspecified atom stereocenters. The maximum atomic E-state index is 12.3. The van der Waals surface area contributed by atoms with Gasteiger partial charge in [0.2, 0.25) is 0 Å². The molecule has 0 aliphatic carbocycles. The van der Waals surface area contributed by atoms with E-state index in [-0.39, 0.29) is 12.5 Å². The number of carbonyl (C=O) groups excluding carboxylic acids is 1. The summed E-state index contributed by atoms with van der Waals surface area (Å²) in [6, 6.07) is 13.5. The lowest BCUT2D eigenvalue weighted by Gasteiger charge is -2.12. The van der Waals surface area contributed by atoms with Crippen molar-refractivity contribution in [3.63, 3.8) is 0 Å². The van der Waals surface area contributed by atoms with Gasteiger partial charge >= 0.3 is 0 Å². The zero-order chi connectivity index (χ0) is 17.8. The van der Waals surface area contributed by atoms with Gasteiger partial charge in [-0.2, -0.15) is 0 Å². The number of H-pyrrole nitrogens is 1. The third-order valence-electron chi connectivity index (χ3n) is 3.78. The largest absolute Gasteiger partial charge is 0.378 e. The minimum Gasteiger partial charge on any atom is -0.378 e. The van der Waals surface area contributed by atoms with E-state index in [2.05, 4.69) is 22.0 Å². The summed E-state index contributed by atoms with van der Waals surface area (Å²) in [6.07, 6.45) is 1.56. The van der Waals surface area contributed by atoms with E-state index in [0.717, 1.165) is 16.8 Å². The smallest absolute Gasteiger partial charge is 0.277 e. The second kappa shape index (κ2) is 7.19. The number of para-hydroxylation sites is 1. The van der Waals surface area contributed by atoms with Gasteiger partial charge in [-0.15, -0.1) is 6.58 Å². The first-order valence-electron chi connectivity index (χ1n) is 7.89. The summed E-state index contributed by atoms with van der Waals surface area (Å²) in [6.45, 7) is 3.78. The van der Waals surface area contributed by atoms with E-state index < -0.39 is 0 Å². The molecular formula is C19H20N4O2. The molecule has 1 amide bonds. The fraction of sp³-hybridized carbons (Fsp3) is 0.158. The molecule has 1 aromatic heterocycles. The van der Waals surface area contributed by atoms with Crippen LogP contribution >= 0.6 is 0 Å². The number of hydroxylamine groups is 1. The van der Waals surface area contributed by atoms with Gasteiger partial charge in [-0.05, 0) is 36.4 Å². The first-order valence-corrected chi connectivity index (χ1v) is 7.89. The van der Waals surface area contributed by atoms with Crippen molar-refractivity contribution in [2.45, 2.75) is 0 Å². The zero-order valence-corrected chi connectivity index (χ0v) is 14.2. The van der Waals surface area contributed by atoms with Crippen LogP contribution in [0, 0.1) is 0 Å². The summed E-state index contributed by atoms with van der Waals surface area (Å²) < 4.78 is 0. The molecule has 0 spiro atoms. The summed E-state index contributed by atoms with van der Waals surface area (Å²) in [5.41, 5.74) is 6.31. The van der Waals surface area contributed by atoms with Crippen molar-refractivity contribution in [1.82, 2.24) is 15.4 Å². The van der Waals surface area contributed by atoms with E-state index >= 15 is 0 Å². The molecule has 0 saturated heterocycles. The highest BCUT2D eigenvalue weighted by atomic mass is 16.6. The highest BCUT2D eigenvalue weighted by Gasteiger charge is 2.14. The number of nitrogens with zero attached hydrogens (tertiary/aromatic N) is 2. The first-order chi connectivity index (χ1) is 12.1. The molecule has 2 N–H and O–H groups in total. The molecule has 0 radical (unpaired) electrons. The number of aromatic nitrogens is 2. The van der Waals surface area contributed by atoms with Crippen LogP contribution in [0.25, 0.3) is 22.4 Å². The van der Waals surface area contributed by atoms with Gasteiger partial charge in [-0.3, -0.25) is 9.63 Å². The Kier molecular flexibility index (Phi) is 4.81. The van der Waals surface area contributed by atoms with Gasteiger partial charge in [0.25, 0.3) is 5.91 Å².